The fourth-order valence-corrected chi connectivity index (χ4v) is 2.36. The maximum absolute atomic E-state index is 5.18. The number of alkyl halides is 1. The molecular weight excluding hydrogens is 320 g/mol. The van der Waals surface area contributed by atoms with Gasteiger partial charge in [0.2, 0.25) is 0 Å². The number of halogens is 2. The molecule has 0 saturated heterocycles. The Labute approximate surface area is 108 Å². The van der Waals surface area contributed by atoms with Crippen LogP contribution in [0, 0.1) is 0 Å². The van der Waals surface area contributed by atoms with E-state index in [4.69, 9.17) is 4.74 Å². The van der Waals surface area contributed by atoms with Crippen LogP contribution in [0.1, 0.15) is 18.9 Å². The first-order chi connectivity index (χ1) is 7.21. The van der Waals surface area contributed by atoms with Crippen molar-refractivity contribution in [1.82, 2.24) is 0 Å². The number of benzene rings is 1. The van der Waals surface area contributed by atoms with Gasteiger partial charge in [-0.05, 0) is 40.0 Å². The van der Waals surface area contributed by atoms with Crippen molar-refractivity contribution in [3.05, 3.63) is 33.8 Å². The first-order valence-electron chi connectivity index (χ1n) is 4.80. The summed E-state index contributed by atoms with van der Waals surface area (Å²) in [6, 6.07) is 6.09. The normalized spacial score (nSPS) is 11.6. The lowest BCUT2D eigenvalue weighted by molar-refractivity contribution is 0.412. The van der Waals surface area contributed by atoms with E-state index < -0.39 is 0 Å². The second kappa shape index (κ2) is 6.33. The minimum atomic E-state index is 0.865. The van der Waals surface area contributed by atoms with Gasteiger partial charge in [0.05, 0.1) is 11.6 Å². The lowest BCUT2D eigenvalue weighted by Gasteiger charge is -2.05. The Kier molecular flexibility index (Phi) is 5.40. The van der Waals surface area contributed by atoms with Crippen molar-refractivity contribution in [3.8, 4) is 5.75 Å². The highest BCUT2D eigenvalue weighted by molar-refractivity contribution is 9.10. The summed E-state index contributed by atoms with van der Waals surface area (Å²) in [5, 5.41) is 0.924. The summed E-state index contributed by atoms with van der Waals surface area (Å²) in [5.41, 5.74) is 2.58. The predicted octanol–water partition coefficient (Wildman–Crippen LogP) is 4.65. The molecule has 1 aromatic carbocycles. The molecule has 1 aromatic rings. The van der Waals surface area contributed by atoms with E-state index in [1.165, 1.54) is 11.1 Å². The molecule has 0 aliphatic carbocycles. The topological polar surface area (TPSA) is 9.23 Å². The minimum Gasteiger partial charge on any atom is -0.496 e. The maximum Gasteiger partial charge on any atom is 0.133 e. The van der Waals surface area contributed by atoms with E-state index in [1.807, 2.05) is 6.07 Å². The minimum absolute atomic E-state index is 0.865. The van der Waals surface area contributed by atoms with Crippen molar-refractivity contribution in [1.29, 1.82) is 0 Å². The molecule has 0 unspecified atom stereocenters. The van der Waals surface area contributed by atoms with Crippen LogP contribution in [-0.4, -0.2) is 12.4 Å². The zero-order valence-electron chi connectivity index (χ0n) is 8.89. The van der Waals surface area contributed by atoms with Crippen molar-refractivity contribution in [2.45, 2.75) is 13.3 Å². The fraction of sp³-hybridized carbons (Fsp3) is 0.333. The molecule has 0 aliphatic rings. The third kappa shape index (κ3) is 3.65. The van der Waals surface area contributed by atoms with Crippen LogP contribution < -0.4 is 4.74 Å². The van der Waals surface area contributed by atoms with E-state index >= 15 is 0 Å². The van der Waals surface area contributed by atoms with Crippen LogP contribution in [0.15, 0.2) is 28.2 Å². The molecule has 0 atom stereocenters. The fourth-order valence-electron chi connectivity index (χ4n) is 1.24. The Hall–Kier alpha value is -0.280. The second-order valence-corrected chi connectivity index (χ2v) is 4.60. The first-order valence-corrected chi connectivity index (χ1v) is 6.71. The summed E-state index contributed by atoms with van der Waals surface area (Å²) in [6.45, 7) is 2.16. The highest BCUT2D eigenvalue weighted by atomic mass is 79.9. The molecule has 0 heterocycles. The average molecular weight is 334 g/mol. The van der Waals surface area contributed by atoms with Crippen LogP contribution in [0.25, 0.3) is 6.08 Å². The molecule has 0 N–H and O–H groups in total. The van der Waals surface area contributed by atoms with Gasteiger partial charge in [0.1, 0.15) is 5.75 Å². The molecule has 0 spiro atoms. The Morgan fingerprint density at radius 1 is 1.47 bits per heavy atom. The van der Waals surface area contributed by atoms with E-state index in [1.54, 1.807) is 7.11 Å². The van der Waals surface area contributed by atoms with Crippen molar-refractivity contribution >= 4 is 37.9 Å². The molecule has 0 saturated carbocycles. The van der Waals surface area contributed by atoms with Gasteiger partial charge in [-0.25, -0.2) is 0 Å². The Morgan fingerprint density at radius 3 is 2.67 bits per heavy atom. The smallest absolute Gasteiger partial charge is 0.133 e. The lowest BCUT2D eigenvalue weighted by atomic mass is 10.1. The molecule has 0 bridgehead atoms. The number of rotatable bonds is 4. The van der Waals surface area contributed by atoms with E-state index in [0.29, 0.717) is 0 Å². The highest BCUT2D eigenvalue weighted by Crippen LogP contribution is 2.26. The van der Waals surface area contributed by atoms with E-state index in [-0.39, 0.29) is 0 Å². The molecule has 15 heavy (non-hydrogen) atoms. The van der Waals surface area contributed by atoms with Crippen LogP contribution in [0.2, 0.25) is 0 Å². The Bertz CT molecular complexity index is 353. The summed E-state index contributed by atoms with van der Waals surface area (Å²) in [6.07, 6.45) is 3.26. The summed E-state index contributed by atoms with van der Waals surface area (Å²) < 4.78 is 6.17. The number of methoxy groups -OCH3 is 1. The highest BCUT2D eigenvalue weighted by Gasteiger charge is 2.00. The van der Waals surface area contributed by atoms with Gasteiger partial charge in [0.15, 0.2) is 0 Å². The van der Waals surface area contributed by atoms with Gasteiger partial charge in [0, 0.05) is 5.33 Å². The lowest BCUT2D eigenvalue weighted by Crippen LogP contribution is -1.86. The standard InChI is InChI=1S/C12H14Br2O/c1-3-9(8-13)6-10-4-5-12(15-2)11(14)7-10/h4-7H,3,8H2,1-2H3. The second-order valence-electron chi connectivity index (χ2n) is 3.18. The van der Waals surface area contributed by atoms with Crippen molar-refractivity contribution in [2.24, 2.45) is 0 Å². The monoisotopic (exact) mass is 332 g/mol. The molecule has 0 fully saturated rings. The number of ether oxygens (including phenoxy) is 1. The van der Waals surface area contributed by atoms with Crippen molar-refractivity contribution in [2.75, 3.05) is 12.4 Å². The molecule has 1 rings (SSSR count). The predicted molar refractivity (Wildman–Crippen MR) is 72.8 cm³/mol. The van der Waals surface area contributed by atoms with Crippen molar-refractivity contribution in [3.63, 3.8) is 0 Å². The first kappa shape index (κ1) is 12.8. The van der Waals surface area contributed by atoms with E-state index in [9.17, 15) is 0 Å². The summed E-state index contributed by atoms with van der Waals surface area (Å²) in [4.78, 5) is 0. The third-order valence-electron chi connectivity index (χ3n) is 2.17. The summed E-state index contributed by atoms with van der Waals surface area (Å²) >= 11 is 6.95. The van der Waals surface area contributed by atoms with E-state index in [2.05, 4.69) is 57.0 Å². The van der Waals surface area contributed by atoms with Crippen LogP contribution in [-0.2, 0) is 0 Å². The number of hydrogen-bond acceptors (Lipinski definition) is 1. The maximum atomic E-state index is 5.18. The summed E-state index contributed by atoms with van der Waals surface area (Å²) in [5.74, 6) is 0.865. The zero-order valence-corrected chi connectivity index (χ0v) is 12.1. The van der Waals surface area contributed by atoms with Crippen molar-refractivity contribution < 1.29 is 4.74 Å². The van der Waals surface area contributed by atoms with Crippen LogP contribution >= 0.6 is 31.9 Å². The SMILES string of the molecule is CCC(=Cc1ccc(OC)c(Br)c1)CBr. The van der Waals surface area contributed by atoms with Gasteiger partial charge in [-0.1, -0.05) is 40.6 Å². The van der Waals surface area contributed by atoms with Gasteiger partial charge in [-0.15, -0.1) is 0 Å². The molecule has 0 aliphatic heterocycles. The molecule has 1 nitrogen and oxygen atoms in total. The van der Waals surface area contributed by atoms with Gasteiger partial charge in [0.25, 0.3) is 0 Å². The molecule has 0 aromatic heterocycles. The molecule has 0 radical (unpaired) electrons. The molecule has 3 heteroatoms. The third-order valence-corrected chi connectivity index (χ3v) is 3.51. The van der Waals surface area contributed by atoms with Crippen LogP contribution in [0.4, 0.5) is 0 Å². The Morgan fingerprint density at radius 2 is 2.20 bits per heavy atom. The number of allylic oxidation sites excluding steroid dienone is 1. The van der Waals surface area contributed by atoms with Crippen LogP contribution in [0.5, 0.6) is 5.75 Å². The van der Waals surface area contributed by atoms with Gasteiger partial charge >= 0.3 is 0 Å². The average Bonchev–Trinajstić information content (AvgIpc) is 2.26. The molecule has 0 amide bonds. The van der Waals surface area contributed by atoms with Gasteiger partial charge in [-0.3, -0.25) is 0 Å². The molecular formula is C12H14Br2O. The summed E-state index contributed by atoms with van der Waals surface area (Å²) in [7, 11) is 1.67. The van der Waals surface area contributed by atoms with Crippen LogP contribution in [0.3, 0.4) is 0 Å². The van der Waals surface area contributed by atoms with Gasteiger partial charge in [-0.2, -0.15) is 0 Å². The quantitative estimate of drug-likeness (QED) is 0.729. The Balaban J connectivity index is 2.97. The zero-order chi connectivity index (χ0) is 11.3. The number of hydrogen-bond donors (Lipinski definition) is 0. The molecule has 82 valence electrons. The van der Waals surface area contributed by atoms with Gasteiger partial charge < -0.3 is 4.74 Å². The largest absolute Gasteiger partial charge is 0.496 e. The van der Waals surface area contributed by atoms with E-state index in [0.717, 1.165) is 22.0 Å².